The number of alkyl halides is 3. The molecule has 0 saturated heterocycles. The Hall–Kier alpha value is -1.40. The number of ether oxygens (including phenoxy) is 1. The molecule has 1 N–H and O–H groups in total. The molecule has 0 saturated carbocycles. The summed E-state index contributed by atoms with van der Waals surface area (Å²) in [5.41, 5.74) is -0.415. The van der Waals surface area contributed by atoms with Crippen LogP contribution in [-0.4, -0.2) is 23.4 Å². The van der Waals surface area contributed by atoms with Crippen LogP contribution in [0.5, 0.6) is 5.75 Å². The first-order valence-electron chi connectivity index (χ1n) is 5.29. The second-order valence-electron chi connectivity index (χ2n) is 4.15. The van der Waals surface area contributed by atoms with Gasteiger partial charge in [0.05, 0.1) is 10.6 Å². The lowest BCUT2D eigenvalue weighted by Crippen LogP contribution is -2.40. The van der Waals surface area contributed by atoms with Crippen LogP contribution in [0.1, 0.15) is 11.1 Å². The Labute approximate surface area is 121 Å². The van der Waals surface area contributed by atoms with Crippen LogP contribution in [-0.2, 0) is 4.79 Å². The molecule has 0 radical (unpaired) electrons. The molecule has 108 valence electrons. The van der Waals surface area contributed by atoms with Gasteiger partial charge in [0, 0.05) is 10.6 Å². The van der Waals surface area contributed by atoms with Gasteiger partial charge >= 0.3 is 12.1 Å². The van der Waals surface area contributed by atoms with Gasteiger partial charge in [-0.1, -0.05) is 23.2 Å². The summed E-state index contributed by atoms with van der Waals surface area (Å²) in [7, 11) is 0. The number of benzene rings is 1. The minimum absolute atomic E-state index is 0.0619. The third kappa shape index (κ3) is 2.45. The van der Waals surface area contributed by atoms with Crippen molar-refractivity contribution in [2.75, 3.05) is 0 Å². The molecule has 8 heteroatoms. The zero-order valence-corrected chi connectivity index (χ0v) is 11.4. The quantitative estimate of drug-likeness (QED) is 0.845. The third-order valence-corrected chi connectivity index (χ3v) is 3.70. The highest BCUT2D eigenvalue weighted by Crippen LogP contribution is 2.43. The first-order chi connectivity index (χ1) is 9.12. The molecule has 0 aromatic heterocycles. The number of hydrogen-bond donors (Lipinski definition) is 1. The first-order valence-corrected chi connectivity index (χ1v) is 6.05. The number of carbonyl (C=O) groups is 1. The van der Waals surface area contributed by atoms with Crippen LogP contribution in [0.2, 0.25) is 10.0 Å². The monoisotopic (exact) mass is 326 g/mol. The summed E-state index contributed by atoms with van der Waals surface area (Å²) in [4.78, 5) is 11.0. The standard InChI is InChI=1S/C12H7Cl2F3O3/c1-4-7(13)3-8-5(9(4)14)2-6(11(18)19)10(20-8)12(15,16)17/h2-3,10H,1H3,(H,18,19). The number of rotatable bonds is 1. The molecule has 0 spiro atoms. The van der Waals surface area contributed by atoms with Crippen molar-refractivity contribution in [3.63, 3.8) is 0 Å². The van der Waals surface area contributed by atoms with Gasteiger partial charge in [-0.05, 0) is 24.6 Å². The van der Waals surface area contributed by atoms with E-state index >= 15 is 0 Å². The summed E-state index contributed by atoms with van der Waals surface area (Å²) in [5.74, 6) is -1.92. The van der Waals surface area contributed by atoms with Crippen molar-refractivity contribution in [3.8, 4) is 5.75 Å². The molecule has 0 fully saturated rings. The second kappa shape index (κ2) is 4.86. The topological polar surface area (TPSA) is 46.5 Å². The molecule has 1 aromatic rings. The average molecular weight is 327 g/mol. The molecule has 20 heavy (non-hydrogen) atoms. The molecule has 2 rings (SSSR count). The average Bonchev–Trinajstić information content (AvgIpc) is 2.33. The largest absolute Gasteiger partial charge is 0.478 e. The van der Waals surface area contributed by atoms with E-state index in [4.69, 9.17) is 33.0 Å². The van der Waals surface area contributed by atoms with Gasteiger partial charge in [-0.2, -0.15) is 13.2 Å². The molecule has 1 aliphatic rings. The van der Waals surface area contributed by atoms with Crippen molar-refractivity contribution in [2.45, 2.75) is 19.2 Å². The summed E-state index contributed by atoms with van der Waals surface area (Å²) >= 11 is 11.8. The summed E-state index contributed by atoms with van der Waals surface area (Å²) < 4.78 is 43.2. The van der Waals surface area contributed by atoms with Gasteiger partial charge in [-0.15, -0.1) is 0 Å². The lowest BCUT2D eigenvalue weighted by Gasteiger charge is -2.28. The fourth-order valence-electron chi connectivity index (χ4n) is 1.79. The molecular weight excluding hydrogens is 320 g/mol. The van der Waals surface area contributed by atoms with E-state index in [-0.39, 0.29) is 21.4 Å². The van der Waals surface area contributed by atoms with Crippen LogP contribution in [0.3, 0.4) is 0 Å². The van der Waals surface area contributed by atoms with Crippen LogP contribution in [0.15, 0.2) is 11.6 Å². The number of carboxylic acid groups (broad SMARTS) is 1. The van der Waals surface area contributed by atoms with E-state index in [1.54, 1.807) is 6.92 Å². The summed E-state index contributed by atoms with van der Waals surface area (Å²) in [6, 6.07) is 1.19. The summed E-state index contributed by atoms with van der Waals surface area (Å²) in [6.45, 7) is 1.56. The lowest BCUT2D eigenvalue weighted by atomic mass is 9.99. The molecule has 0 amide bonds. The fraction of sp³-hybridized carbons (Fsp3) is 0.250. The van der Waals surface area contributed by atoms with Gasteiger partial charge < -0.3 is 9.84 Å². The Balaban J connectivity index is 2.66. The molecule has 1 atom stereocenters. The molecule has 1 aromatic carbocycles. The molecular formula is C12H7Cl2F3O3. The van der Waals surface area contributed by atoms with E-state index in [1.807, 2.05) is 0 Å². The highest BCUT2D eigenvalue weighted by atomic mass is 35.5. The minimum atomic E-state index is -4.86. The predicted molar refractivity (Wildman–Crippen MR) is 67.3 cm³/mol. The highest BCUT2D eigenvalue weighted by Gasteiger charge is 2.48. The second-order valence-corrected chi connectivity index (χ2v) is 4.94. The van der Waals surface area contributed by atoms with Gasteiger partial charge in [-0.3, -0.25) is 0 Å². The third-order valence-electron chi connectivity index (χ3n) is 2.82. The Kier molecular flexibility index (Phi) is 3.64. The van der Waals surface area contributed by atoms with Crippen molar-refractivity contribution in [2.24, 2.45) is 0 Å². The van der Waals surface area contributed by atoms with Crippen molar-refractivity contribution in [3.05, 3.63) is 32.8 Å². The minimum Gasteiger partial charge on any atom is -0.478 e. The predicted octanol–water partition coefficient (Wildman–Crippen LogP) is 4.09. The fourth-order valence-corrected chi connectivity index (χ4v) is 2.28. The van der Waals surface area contributed by atoms with Crippen LogP contribution < -0.4 is 4.74 Å². The van der Waals surface area contributed by atoms with Crippen LogP contribution in [0, 0.1) is 6.92 Å². The van der Waals surface area contributed by atoms with E-state index < -0.39 is 23.8 Å². The van der Waals surface area contributed by atoms with E-state index in [2.05, 4.69) is 0 Å². The van der Waals surface area contributed by atoms with Gasteiger partial charge in [0.2, 0.25) is 6.10 Å². The Morgan fingerprint density at radius 1 is 1.40 bits per heavy atom. The first kappa shape index (κ1) is 15.0. The lowest BCUT2D eigenvalue weighted by molar-refractivity contribution is -0.187. The molecule has 3 nitrogen and oxygen atoms in total. The van der Waals surface area contributed by atoms with E-state index in [1.165, 1.54) is 6.07 Å². The van der Waals surface area contributed by atoms with Crippen LogP contribution in [0.4, 0.5) is 13.2 Å². The van der Waals surface area contributed by atoms with E-state index in [0.29, 0.717) is 5.56 Å². The zero-order valence-electron chi connectivity index (χ0n) is 9.89. The van der Waals surface area contributed by atoms with Gasteiger partial charge in [0.15, 0.2) is 0 Å². The smallest absolute Gasteiger partial charge is 0.430 e. The number of hydrogen-bond acceptors (Lipinski definition) is 2. The number of carboxylic acids is 1. The molecule has 1 heterocycles. The van der Waals surface area contributed by atoms with Gasteiger partial charge in [0.25, 0.3) is 0 Å². The molecule has 1 aliphatic heterocycles. The highest BCUT2D eigenvalue weighted by molar-refractivity contribution is 6.37. The zero-order chi connectivity index (χ0) is 15.2. The van der Waals surface area contributed by atoms with Gasteiger partial charge in [0.1, 0.15) is 5.75 Å². The van der Waals surface area contributed by atoms with Crippen molar-refractivity contribution in [1.82, 2.24) is 0 Å². The Morgan fingerprint density at radius 2 is 2.00 bits per heavy atom. The van der Waals surface area contributed by atoms with Gasteiger partial charge in [-0.25, -0.2) is 4.79 Å². The summed E-state index contributed by atoms with van der Waals surface area (Å²) in [5, 5.41) is 9.10. The Bertz CT molecular complexity index is 623. The van der Waals surface area contributed by atoms with Crippen LogP contribution in [0.25, 0.3) is 6.08 Å². The van der Waals surface area contributed by atoms with E-state index in [9.17, 15) is 18.0 Å². The number of aliphatic carboxylic acids is 1. The maximum Gasteiger partial charge on any atom is 0.430 e. The van der Waals surface area contributed by atoms with E-state index in [0.717, 1.165) is 6.08 Å². The Morgan fingerprint density at radius 3 is 2.50 bits per heavy atom. The molecule has 1 unspecified atom stereocenters. The van der Waals surface area contributed by atoms with Crippen molar-refractivity contribution < 1.29 is 27.8 Å². The number of fused-ring (bicyclic) bond motifs is 1. The SMILES string of the molecule is Cc1c(Cl)cc2c(c1Cl)C=C(C(=O)O)C(C(F)(F)F)O2. The van der Waals surface area contributed by atoms with Crippen LogP contribution >= 0.6 is 23.2 Å². The molecule has 0 bridgehead atoms. The maximum atomic E-state index is 12.8. The normalized spacial score (nSPS) is 18.1. The number of halogens is 5. The molecule has 0 aliphatic carbocycles. The van der Waals surface area contributed by atoms with Crippen molar-refractivity contribution >= 4 is 35.2 Å². The summed E-state index contributed by atoms with van der Waals surface area (Å²) in [6.07, 6.45) is -6.54. The maximum absolute atomic E-state index is 12.8. The van der Waals surface area contributed by atoms with Crippen molar-refractivity contribution in [1.29, 1.82) is 0 Å².